The average Bonchev–Trinajstić information content (AvgIpc) is 2.48. The Morgan fingerprint density at radius 1 is 0.955 bits per heavy atom. The molecule has 5 heteroatoms. The highest BCUT2D eigenvalue weighted by molar-refractivity contribution is 5.90. The minimum absolute atomic E-state index is 0.198. The lowest BCUT2D eigenvalue weighted by Gasteiger charge is -2.09. The minimum Gasteiger partial charge on any atom is -0.326 e. The summed E-state index contributed by atoms with van der Waals surface area (Å²) in [6.45, 7) is 0. The van der Waals surface area contributed by atoms with Crippen LogP contribution in [0.4, 0.5) is 18.9 Å². The molecular formula is C17H16F3NO. The summed E-state index contributed by atoms with van der Waals surface area (Å²) in [4.78, 5) is 11.8. The highest BCUT2D eigenvalue weighted by atomic mass is 19.4. The number of hydrogen-bond donors (Lipinski definition) is 1. The molecule has 0 fully saturated rings. The van der Waals surface area contributed by atoms with E-state index in [1.807, 2.05) is 30.3 Å². The molecule has 0 aliphatic heterocycles. The number of nitrogens with one attached hydrogen (secondary N) is 1. The lowest BCUT2D eigenvalue weighted by atomic mass is 10.1. The number of hydrogen-bond acceptors (Lipinski definition) is 1. The van der Waals surface area contributed by atoms with Gasteiger partial charge in [-0.25, -0.2) is 0 Å². The number of alkyl halides is 3. The number of benzene rings is 2. The van der Waals surface area contributed by atoms with Crippen molar-refractivity contribution >= 4 is 11.6 Å². The second-order valence-electron chi connectivity index (χ2n) is 4.96. The standard InChI is InChI=1S/C17H16F3NO/c18-17(19,20)14-9-11-15(12-10-14)21-16(22)8-4-7-13-5-2-1-3-6-13/h1-3,5-6,9-12H,4,7-8H2,(H,21,22). The van der Waals surface area contributed by atoms with Crippen molar-refractivity contribution in [2.75, 3.05) is 5.32 Å². The van der Waals surface area contributed by atoms with E-state index in [4.69, 9.17) is 0 Å². The maximum Gasteiger partial charge on any atom is 0.416 e. The summed E-state index contributed by atoms with van der Waals surface area (Å²) in [6.07, 6.45) is -2.55. The van der Waals surface area contributed by atoms with Gasteiger partial charge in [-0.1, -0.05) is 30.3 Å². The van der Waals surface area contributed by atoms with Crippen LogP contribution in [0.1, 0.15) is 24.0 Å². The zero-order valence-corrected chi connectivity index (χ0v) is 11.9. The van der Waals surface area contributed by atoms with Crippen molar-refractivity contribution in [3.05, 3.63) is 65.7 Å². The maximum absolute atomic E-state index is 12.4. The first-order chi connectivity index (χ1) is 10.4. The predicted molar refractivity (Wildman–Crippen MR) is 79.5 cm³/mol. The Balaban J connectivity index is 1.79. The van der Waals surface area contributed by atoms with Gasteiger partial charge in [0.25, 0.3) is 0 Å². The fraction of sp³-hybridized carbons (Fsp3) is 0.235. The summed E-state index contributed by atoms with van der Waals surface area (Å²) in [5.74, 6) is -0.198. The van der Waals surface area contributed by atoms with Crippen molar-refractivity contribution in [2.45, 2.75) is 25.4 Å². The summed E-state index contributed by atoms with van der Waals surface area (Å²) in [6, 6.07) is 14.2. The third-order valence-electron chi connectivity index (χ3n) is 3.21. The minimum atomic E-state index is -4.36. The van der Waals surface area contributed by atoms with Crippen molar-refractivity contribution in [3.63, 3.8) is 0 Å². The van der Waals surface area contributed by atoms with Gasteiger partial charge in [0, 0.05) is 12.1 Å². The van der Waals surface area contributed by atoms with Crippen LogP contribution in [0, 0.1) is 0 Å². The second-order valence-corrected chi connectivity index (χ2v) is 4.96. The van der Waals surface area contributed by atoms with E-state index in [1.54, 1.807) is 0 Å². The molecule has 1 amide bonds. The zero-order valence-electron chi connectivity index (χ0n) is 11.9. The van der Waals surface area contributed by atoms with Crippen LogP contribution in [0.25, 0.3) is 0 Å². The van der Waals surface area contributed by atoms with Gasteiger partial charge in [-0.05, 0) is 42.7 Å². The van der Waals surface area contributed by atoms with E-state index >= 15 is 0 Å². The first kappa shape index (κ1) is 16.1. The summed E-state index contributed by atoms with van der Waals surface area (Å²) in [5, 5.41) is 2.60. The molecule has 0 bridgehead atoms. The van der Waals surface area contributed by atoms with Gasteiger partial charge in [0.05, 0.1) is 5.56 Å². The number of anilines is 1. The summed E-state index contributed by atoms with van der Waals surface area (Å²) in [7, 11) is 0. The van der Waals surface area contributed by atoms with E-state index in [0.717, 1.165) is 24.1 Å². The lowest BCUT2D eigenvalue weighted by molar-refractivity contribution is -0.137. The van der Waals surface area contributed by atoms with Crippen molar-refractivity contribution in [3.8, 4) is 0 Å². The first-order valence-electron chi connectivity index (χ1n) is 6.96. The largest absolute Gasteiger partial charge is 0.416 e. The molecule has 116 valence electrons. The van der Waals surface area contributed by atoms with Crippen molar-refractivity contribution < 1.29 is 18.0 Å². The zero-order chi connectivity index (χ0) is 16.0. The van der Waals surface area contributed by atoms with E-state index in [0.29, 0.717) is 18.5 Å². The van der Waals surface area contributed by atoms with Crippen LogP contribution in [0.5, 0.6) is 0 Å². The predicted octanol–water partition coefficient (Wildman–Crippen LogP) is 4.67. The molecule has 0 aromatic heterocycles. The van der Waals surface area contributed by atoms with Crippen LogP contribution in [0.2, 0.25) is 0 Å². The molecule has 0 aliphatic rings. The van der Waals surface area contributed by atoms with Crippen LogP contribution in [-0.2, 0) is 17.4 Å². The molecule has 2 aromatic carbocycles. The van der Waals surface area contributed by atoms with Crippen LogP contribution < -0.4 is 5.32 Å². The van der Waals surface area contributed by atoms with Crippen molar-refractivity contribution in [1.82, 2.24) is 0 Å². The SMILES string of the molecule is O=C(CCCc1ccccc1)Nc1ccc(C(F)(F)F)cc1. The monoisotopic (exact) mass is 307 g/mol. The fourth-order valence-corrected chi connectivity index (χ4v) is 2.06. The quantitative estimate of drug-likeness (QED) is 0.854. The summed E-state index contributed by atoms with van der Waals surface area (Å²) in [5.41, 5.74) is 0.803. The van der Waals surface area contributed by atoms with Crippen LogP contribution in [0.15, 0.2) is 54.6 Å². The Hall–Kier alpha value is -2.30. The first-order valence-corrected chi connectivity index (χ1v) is 6.96. The Morgan fingerprint density at radius 3 is 2.18 bits per heavy atom. The Bertz CT molecular complexity index is 606. The average molecular weight is 307 g/mol. The van der Waals surface area contributed by atoms with Gasteiger partial charge in [-0.3, -0.25) is 4.79 Å². The highest BCUT2D eigenvalue weighted by Crippen LogP contribution is 2.29. The van der Waals surface area contributed by atoms with Gasteiger partial charge in [0.1, 0.15) is 0 Å². The van der Waals surface area contributed by atoms with Gasteiger partial charge >= 0.3 is 6.18 Å². The Labute approximate surface area is 127 Å². The van der Waals surface area contributed by atoms with E-state index in [2.05, 4.69) is 5.32 Å². The maximum atomic E-state index is 12.4. The number of amides is 1. The molecule has 22 heavy (non-hydrogen) atoms. The highest BCUT2D eigenvalue weighted by Gasteiger charge is 2.29. The third kappa shape index (κ3) is 4.91. The molecule has 0 spiro atoms. The van der Waals surface area contributed by atoms with Crippen LogP contribution in [-0.4, -0.2) is 5.91 Å². The van der Waals surface area contributed by atoms with Crippen molar-refractivity contribution in [1.29, 1.82) is 0 Å². The molecule has 1 N–H and O–H groups in total. The molecule has 0 atom stereocenters. The van der Waals surface area contributed by atoms with Gasteiger partial charge in [0.2, 0.25) is 5.91 Å². The molecule has 0 saturated heterocycles. The Morgan fingerprint density at radius 2 is 1.59 bits per heavy atom. The van der Waals surface area contributed by atoms with Crippen LogP contribution >= 0.6 is 0 Å². The molecule has 2 nitrogen and oxygen atoms in total. The van der Waals surface area contributed by atoms with Crippen molar-refractivity contribution in [2.24, 2.45) is 0 Å². The number of rotatable bonds is 5. The molecule has 0 unspecified atom stereocenters. The molecular weight excluding hydrogens is 291 g/mol. The second kappa shape index (κ2) is 7.11. The number of carbonyl (C=O) groups excluding carboxylic acids is 1. The van der Waals surface area contributed by atoms with Gasteiger partial charge < -0.3 is 5.32 Å². The van der Waals surface area contributed by atoms with Crippen LogP contribution in [0.3, 0.4) is 0 Å². The summed E-state index contributed by atoms with van der Waals surface area (Å²) < 4.78 is 37.3. The molecule has 2 rings (SSSR count). The van der Waals surface area contributed by atoms with Gasteiger partial charge in [-0.15, -0.1) is 0 Å². The fourth-order valence-electron chi connectivity index (χ4n) is 2.06. The topological polar surface area (TPSA) is 29.1 Å². The molecule has 2 aromatic rings. The third-order valence-corrected chi connectivity index (χ3v) is 3.21. The smallest absolute Gasteiger partial charge is 0.326 e. The summed E-state index contributed by atoms with van der Waals surface area (Å²) >= 11 is 0. The molecule has 0 radical (unpaired) electrons. The number of carbonyl (C=O) groups is 1. The lowest BCUT2D eigenvalue weighted by Crippen LogP contribution is -2.12. The van der Waals surface area contributed by atoms with E-state index in [1.165, 1.54) is 12.1 Å². The molecule has 0 saturated carbocycles. The van der Waals surface area contributed by atoms with E-state index in [9.17, 15) is 18.0 Å². The molecule has 0 heterocycles. The molecule has 0 aliphatic carbocycles. The number of halogens is 3. The Kier molecular flexibility index (Phi) is 5.20. The normalized spacial score (nSPS) is 11.2. The van der Waals surface area contributed by atoms with E-state index in [-0.39, 0.29) is 5.91 Å². The van der Waals surface area contributed by atoms with Gasteiger partial charge in [0.15, 0.2) is 0 Å². The van der Waals surface area contributed by atoms with Gasteiger partial charge in [-0.2, -0.15) is 13.2 Å². The number of aryl methyl sites for hydroxylation is 1. The van der Waals surface area contributed by atoms with E-state index < -0.39 is 11.7 Å².